The Bertz CT molecular complexity index is 645. The van der Waals surface area contributed by atoms with Crippen molar-refractivity contribution in [3.05, 3.63) is 29.8 Å². The lowest BCUT2D eigenvalue weighted by Gasteiger charge is -2.22. The van der Waals surface area contributed by atoms with Crippen LogP contribution in [-0.4, -0.2) is 56.7 Å². The Kier molecular flexibility index (Phi) is 5.61. The van der Waals surface area contributed by atoms with Crippen molar-refractivity contribution in [1.29, 1.82) is 0 Å². The molecular weight excluding hydrogens is 318 g/mol. The van der Waals surface area contributed by atoms with E-state index < -0.39 is 16.1 Å². The molecule has 0 bridgehead atoms. The zero-order valence-electron chi connectivity index (χ0n) is 13.4. The molecule has 2 rings (SSSR count). The summed E-state index contributed by atoms with van der Waals surface area (Å²) in [5.74, 6) is 0.0916. The van der Waals surface area contributed by atoms with Crippen molar-refractivity contribution in [2.75, 3.05) is 26.0 Å². The Hall–Kier alpha value is -1.64. The first-order chi connectivity index (χ1) is 10.8. The van der Waals surface area contributed by atoms with Crippen LogP contribution in [0.1, 0.15) is 12.0 Å². The van der Waals surface area contributed by atoms with Crippen molar-refractivity contribution < 1.29 is 17.9 Å². The molecule has 1 aliphatic rings. The van der Waals surface area contributed by atoms with Gasteiger partial charge in [0.15, 0.2) is 0 Å². The number of rotatable bonds is 6. The van der Waals surface area contributed by atoms with E-state index in [0.29, 0.717) is 12.2 Å². The van der Waals surface area contributed by atoms with Gasteiger partial charge in [-0.05, 0) is 25.5 Å². The van der Waals surface area contributed by atoms with Gasteiger partial charge in [-0.25, -0.2) is 8.42 Å². The van der Waals surface area contributed by atoms with Crippen LogP contribution in [0, 0.1) is 6.92 Å². The number of aryl methyl sites for hydroxylation is 1. The molecule has 23 heavy (non-hydrogen) atoms. The summed E-state index contributed by atoms with van der Waals surface area (Å²) >= 11 is 0. The minimum absolute atomic E-state index is 0.0254. The molecule has 1 amide bonds. The monoisotopic (exact) mass is 341 g/mol. The van der Waals surface area contributed by atoms with E-state index in [0.717, 1.165) is 5.56 Å². The van der Waals surface area contributed by atoms with Crippen LogP contribution < -0.4 is 15.8 Å². The molecule has 128 valence electrons. The highest BCUT2D eigenvalue weighted by Crippen LogP contribution is 2.21. The van der Waals surface area contributed by atoms with Crippen LogP contribution in [-0.2, 0) is 14.8 Å². The molecule has 1 saturated heterocycles. The topological polar surface area (TPSA) is 102 Å². The summed E-state index contributed by atoms with van der Waals surface area (Å²) in [5, 5.41) is 2.48. The fourth-order valence-corrected chi connectivity index (χ4v) is 4.08. The third-order valence-corrected chi connectivity index (χ3v) is 5.63. The van der Waals surface area contributed by atoms with Crippen LogP contribution in [0.3, 0.4) is 0 Å². The normalized spacial score (nSPS) is 22.0. The molecule has 0 aromatic heterocycles. The van der Waals surface area contributed by atoms with Crippen LogP contribution in [0.2, 0.25) is 0 Å². The second-order valence-electron chi connectivity index (χ2n) is 5.67. The van der Waals surface area contributed by atoms with Crippen molar-refractivity contribution in [2.24, 2.45) is 5.73 Å². The van der Waals surface area contributed by atoms with Gasteiger partial charge in [0.2, 0.25) is 15.9 Å². The zero-order valence-corrected chi connectivity index (χ0v) is 14.2. The molecule has 0 radical (unpaired) electrons. The fraction of sp³-hybridized carbons (Fsp3) is 0.533. The number of hydrogen-bond acceptors (Lipinski definition) is 5. The van der Waals surface area contributed by atoms with Gasteiger partial charge in [0.25, 0.3) is 0 Å². The predicted octanol–water partition coefficient (Wildman–Crippen LogP) is -0.149. The van der Waals surface area contributed by atoms with Crippen molar-refractivity contribution in [3.8, 4) is 5.75 Å². The number of nitrogens with zero attached hydrogens (tertiary/aromatic N) is 1. The molecular formula is C15H23N3O4S. The van der Waals surface area contributed by atoms with E-state index in [1.807, 2.05) is 19.1 Å². The Morgan fingerprint density at radius 1 is 1.39 bits per heavy atom. The lowest BCUT2D eigenvalue weighted by atomic mass is 10.2. The minimum atomic E-state index is -3.61. The zero-order chi connectivity index (χ0) is 17.0. The Balaban J connectivity index is 1.97. The number of sulfonamides is 1. The number of hydrogen-bond donors (Lipinski definition) is 2. The maximum Gasteiger partial charge on any atom is 0.238 e. The minimum Gasteiger partial charge on any atom is -0.492 e. The molecule has 0 unspecified atom stereocenters. The van der Waals surface area contributed by atoms with Gasteiger partial charge in [-0.15, -0.1) is 0 Å². The summed E-state index contributed by atoms with van der Waals surface area (Å²) in [4.78, 5) is 11.8. The maximum absolute atomic E-state index is 12.5. The maximum atomic E-state index is 12.5. The highest BCUT2D eigenvalue weighted by Gasteiger charge is 2.41. The SMILES string of the molecule is CNC(=O)[C@@H]1C[C@H](N)CN1S(=O)(=O)CCOc1ccc(C)cc1. The van der Waals surface area contributed by atoms with Gasteiger partial charge in [-0.2, -0.15) is 4.31 Å². The third kappa shape index (κ3) is 4.43. The summed E-state index contributed by atoms with van der Waals surface area (Å²) in [7, 11) is -2.12. The summed E-state index contributed by atoms with van der Waals surface area (Å²) in [6.07, 6.45) is 0.331. The molecule has 0 spiro atoms. The van der Waals surface area contributed by atoms with E-state index in [2.05, 4.69) is 5.32 Å². The highest BCUT2D eigenvalue weighted by atomic mass is 32.2. The molecule has 7 nitrogen and oxygen atoms in total. The molecule has 1 fully saturated rings. The average molecular weight is 341 g/mol. The van der Waals surface area contributed by atoms with E-state index in [9.17, 15) is 13.2 Å². The van der Waals surface area contributed by atoms with Gasteiger partial charge < -0.3 is 15.8 Å². The van der Waals surface area contributed by atoms with E-state index in [1.54, 1.807) is 12.1 Å². The molecule has 0 aliphatic carbocycles. The largest absolute Gasteiger partial charge is 0.492 e. The number of carbonyl (C=O) groups is 1. The average Bonchev–Trinajstić information content (AvgIpc) is 2.91. The molecule has 1 aromatic rings. The number of likely N-dealkylation sites (N-methyl/N-ethyl adjacent to an activating group) is 1. The Labute approximate surface area is 136 Å². The summed E-state index contributed by atoms with van der Waals surface area (Å²) < 4.78 is 31.6. The van der Waals surface area contributed by atoms with Gasteiger partial charge in [-0.3, -0.25) is 4.79 Å². The highest BCUT2D eigenvalue weighted by molar-refractivity contribution is 7.89. The second-order valence-corrected chi connectivity index (χ2v) is 7.71. The van der Waals surface area contributed by atoms with Gasteiger partial charge in [-0.1, -0.05) is 17.7 Å². The number of carbonyl (C=O) groups excluding carboxylic acids is 1. The van der Waals surface area contributed by atoms with Gasteiger partial charge >= 0.3 is 0 Å². The predicted molar refractivity (Wildman–Crippen MR) is 87.6 cm³/mol. The van der Waals surface area contributed by atoms with Crippen LogP contribution >= 0.6 is 0 Å². The summed E-state index contributed by atoms with van der Waals surface area (Å²) in [6, 6.07) is 6.31. The number of ether oxygens (including phenoxy) is 1. The van der Waals surface area contributed by atoms with Crippen LogP contribution in [0.4, 0.5) is 0 Å². The molecule has 1 aliphatic heterocycles. The Morgan fingerprint density at radius 2 is 2.04 bits per heavy atom. The number of benzene rings is 1. The lowest BCUT2D eigenvalue weighted by molar-refractivity contribution is -0.123. The molecule has 3 N–H and O–H groups in total. The lowest BCUT2D eigenvalue weighted by Crippen LogP contribution is -2.46. The molecule has 2 atom stereocenters. The van der Waals surface area contributed by atoms with Gasteiger partial charge in [0, 0.05) is 19.6 Å². The standard InChI is InChI=1S/C15H23N3O4S/c1-11-3-5-13(6-4-11)22-7-8-23(20,21)18-10-12(16)9-14(18)15(19)17-2/h3-6,12,14H,7-10,16H2,1-2H3,(H,17,19)/t12-,14-/m0/s1. The Morgan fingerprint density at radius 3 is 2.65 bits per heavy atom. The van der Waals surface area contributed by atoms with Crippen LogP contribution in [0.25, 0.3) is 0 Å². The summed E-state index contributed by atoms with van der Waals surface area (Å²) in [5.41, 5.74) is 6.92. The number of nitrogens with one attached hydrogen (secondary N) is 1. The quantitative estimate of drug-likeness (QED) is 0.749. The number of amides is 1. The molecule has 0 saturated carbocycles. The van der Waals surface area contributed by atoms with E-state index in [4.69, 9.17) is 10.5 Å². The first-order valence-electron chi connectivity index (χ1n) is 7.49. The van der Waals surface area contributed by atoms with Crippen LogP contribution in [0.5, 0.6) is 5.75 Å². The van der Waals surface area contributed by atoms with Crippen LogP contribution in [0.15, 0.2) is 24.3 Å². The summed E-state index contributed by atoms with van der Waals surface area (Å²) in [6.45, 7) is 2.15. The van der Waals surface area contributed by atoms with Crippen molar-refractivity contribution in [1.82, 2.24) is 9.62 Å². The van der Waals surface area contributed by atoms with E-state index >= 15 is 0 Å². The smallest absolute Gasteiger partial charge is 0.238 e. The third-order valence-electron chi connectivity index (χ3n) is 3.83. The van der Waals surface area contributed by atoms with Gasteiger partial charge in [0.05, 0.1) is 5.75 Å². The molecule has 8 heteroatoms. The number of nitrogens with two attached hydrogens (primary N) is 1. The van der Waals surface area contributed by atoms with Crippen molar-refractivity contribution in [2.45, 2.75) is 25.4 Å². The fourth-order valence-electron chi connectivity index (χ4n) is 2.57. The van der Waals surface area contributed by atoms with Crippen molar-refractivity contribution in [3.63, 3.8) is 0 Å². The van der Waals surface area contributed by atoms with Crippen molar-refractivity contribution >= 4 is 15.9 Å². The second kappa shape index (κ2) is 7.29. The first kappa shape index (κ1) is 17.7. The first-order valence-corrected chi connectivity index (χ1v) is 9.10. The molecule has 1 aromatic carbocycles. The van der Waals surface area contributed by atoms with Gasteiger partial charge in [0.1, 0.15) is 18.4 Å². The van der Waals surface area contributed by atoms with E-state index in [-0.39, 0.29) is 30.9 Å². The van der Waals surface area contributed by atoms with E-state index in [1.165, 1.54) is 11.4 Å². The molecule has 1 heterocycles.